The van der Waals surface area contributed by atoms with Crippen molar-refractivity contribution in [1.29, 1.82) is 0 Å². The Labute approximate surface area is 123 Å². The summed E-state index contributed by atoms with van der Waals surface area (Å²) in [5.74, 6) is -0.0887. The maximum atomic E-state index is 11.4. The van der Waals surface area contributed by atoms with Crippen LogP contribution in [0.5, 0.6) is 0 Å². The van der Waals surface area contributed by atoms with Gasteiger partial charge in [-0.15, -0.1) is 0 Å². The monoisotopic (exact) mass is 288 g/mol. The Hall–Kier alpha value is -0.650. The van der Waals surface area contributed by atoms with E-state index in [9.17, 15) is 4.79 Å². The maximum absolute atomic E-state index is 11.4. The zero-order chi connectivity index (χ0) is 15.3. The van der Waals surface area contributed by atoms with Crippen molar-refractivity contribution in [3.05, 3.63) is 0 Å². The molecule has 20 heavy (non-hydrogen) atoms. The number of nitrogens with one attached hydrogen (secondary N) is 2. The van der Waals surface area contributed by atoms with E-state index in [1.54, 1.807) is 0 Å². The van der Waals surface area contributed by atoms with E-state index in [1.165, 1.54) is 12.8 Å². The van der Waals surface area contributed by atoms with Gasteiger partial charge >= 0.3 is 0 Å². The Balaban J connectivity index is 3.21. The maximum Gasteiger partial charge on any atom is 0.246 e. The van der Waals surface area contributed by atoms with Crippen molar-refractivity contribution < 1.29 is 14.3 Å². The smallest absolute Gasteiger partial charge is 0.246 e. The third kappa shape index (κ3) is 15.4. The summed E-state index contributed by atoms with van der Waals surface area (Å²) in [6.07, 6.45) is 3.45. The molecule has 0 radical (unpaired) electrons. The zero-order valence-corrected chi connectivity index (χ0v) is 13.6. The molecule has 120 valence electrons. The predicted octanol–water partition coefficient (Wildman–Crippen LogP) is 1.71. The summed E-state index contributed by atoms with van der Waals surface area (Å²) in [6, 6.07) is 0. The second-order valence-corrected chi connectivity index (χ2v) is 5.78. The van der Waals surface area contributed by atoms with Gasteiger partial charge in [0.25, 0.3) is 0 Å². The number of hydrogen-bond acceptors (Lipinski definition) is 4. The van der Waals surface area contributed by atoms with Gasteiger partial charge in [0.05, 0.1) is 12.2 Å². The minimum absolute atomic E-state index is 0.0887. The van der Waals surface area contributed by atoms with Gasteiger partial charge in [0.15, 0.2) is 0 Å². The minimum Gasteiger partial charge on any atom is -0.380 e. The molecule has 0 aliphatic rings. The lowest BCUT2D eigenvalue weighted by atomic mass is 10.2. The highest BCUT2D eigenvalue weighted by atomic mass is 16.5. The summed E-state index contributed by atoms with van der Waals surface area (Å²) in [5.41, 5.74) is -0.277. The van der Waals surface area contributed by atoms with E-state index in [2.05, 4.69) is 17.6 Å². The van der Waals surface area contributed by atoms with Crippen molar-refractivity contribution in [3.8, 4) is 0 Å². The van der Waals surface area contributed by atoms with Crippen molar-refractivity contribution in [1.82, 2.24) is 10.6 Å². The lowest BCUT2D eigenvalue weighted by Gasteiger charge is -2.18. The highest BCUT2D eigenvalue weighted by Gasteiger charge is 2.12. The van der Waals surface area contributed by atoms with Crippen LogP contribution in [0.1, 0.15) is 47.0 Å². The van der Waals surface area contributed by atoms with Gasteiger partial charge in [-0.25, -0.2) is 0 Å². The SMILES string of the molecule is CCNCCCCCOCCNC(=O)COC(C)(C)C. The Bertz CT molecular complexity index is 240. The van der Waals surface area contributed by atoms with Crippen LogP contribution < -0.4 is 10.6 Å². The summed E-state index contributed by atoms with van der Waals surface area (Å²) < 4.78 is 10.8. The topological polar surface area (TPSA) is 59.6 Å². The molecule has 0 aromatic heterocycles. The molecule has 0 aliphatic carbocycles. The van der Waals surface area contributed by atoms with E-state index >= 15 is 0 Å². The summed E-state index contributed by atoms with van der Waals surface area (Å²) in [4.78, 5) is 11.4. The summed E-state index contributed by atoms with van der Waals surface area (Å²) in [7, 11) is 0. The first-order valence-electron chi connectivity index (χ1n) is 7.65. The minimum atomic E-state index is -0.277. The molecule has 2 N–H and O–H groups in total. The van der Waals surface area contributed by atoms with Crippen LogP contribution in [0.15, 0.2) is 0 Å². The molecule has 0 aliphatic heterocycles. The molecule has 0 spiro atoms. The van der Waals surface area contributed by atoms with E-state index in [4.69, 9.17) is 9.47 Å². The molecule has 0 saturated heterocycles. The molecule has 1 amide bonds. The third-order valence-electron chi connectivity index (χ3n) is 2.60. The lowest BCUT2D eigenvalue weighted by Crippen LogP contribution is -2.34. The fourth-order valence-corrected chi connectivity index (χ4v) is 1.51. The highest BCUT2D eigenvalue weighted by molar-refractivity contribution is 5.77. The standard InChI is InChI=1S/C15H32N2O3/c1-5-16-9-7-6-8-11-19-12-10-17-14(18)13-20-15(2,3)4/h16H,5-13H2,1-4H3,(H,17,18). The van der Waals surface area contributed by atoms with Crippen molar-refractivity contribution >= 4 is 5.91 Å². The summed E-state index contributed by atoms with van der Waals surface area (Å²) in [6.45, 7) is 12.0. The third-order valence-corrected chi connectivity index (χ3v) is 2.60. The molecule has 0 aromatic carbocycles. The van der Waals surface area contributed by atoms with Gasteiger partial charge in [-0.3, -0.25) is 4.79 Å². The van der Waals surface area contributed by atoms with E-state index in [1.807, 2.05) is 20.8 Å². The molecule has 0 heterocycles. The van der Waals surface area contributed by atoms with E-state index in [0.29, 0.717) is 13.2 Å². The molecular weight excluding hydrogens is 256 g/mol. The second kappa shape index (κ2) is 12.1. The number of carbonyl (C=O) groups is 1. The van der Waals surface area contributed by atoms with Gasteiger partial charge in [0, 0.05) is 13.2 Å². The van der Waals surface area contributed by atoms with Crippen molar-refractivity contribution in [2.75, 3.05) is 39.5 Å². The van der Waals surface area contributed by atoms with E-state index in [0.717, 1.165) is 26.1 Å². The Morgan fingerprint density at radius 2 is 1.80 bits per heavy atom. The average Bonchev–Trinajstić information content (AvgIpc) is 2.38. The summed E-state index contributed by atoms with van der Waals surface area (Å²) in [5, 5.41) is 6.07. The Kier molecular flexibility index (Phi) is 11.7. The van der Waals surface area contributed by atoms with Crippen LogP contribution in [0, 0.1) is 0 Å². The number of hydrogen-bond donors (Lipinski definition) is 2. The molecule has 5 nitrogen and oxygen atoms in total. The van der Waals surface area contributed by atoms with Crippen LogP contribution in [-0.2, 0) is 14.3 Å². The first kappa shape index (κ1) is 19.4. The van der Waals surface area contributed by atoms with Crippen molar-refractivity contribution in [2.45, 2.75) is 52.6 Å². The number of ether oxygens (including phenoxy) is 2. The zero-order valence-electron chi connectivity index (χ0n) is 13.6. The molecule has 0 bridgehead atoms. The van der Waals surface area contributed by atoms with Crippen LogP contribution in [-0.4, -0.2) is 51.0 Å². The quantitative estimate of drug-likeness (QED) is 0.537. The predicted molar refractivity (Wildman–Crippen MR) is 81.9 cm³/mol. The molecule has 0 aromatic rings. The van der Waals surface area contributed by atoms with Gasteiger partial charge in [0.2, 0.25) is 5.91 Å². The first-order valence-corrected chi connectivity index (χ1v) is 7.65. The number of carbonyl (C=O) groups excluding carboxylic acids is 1. The molecule has 0 unspecified atom stereocenters. The largest absolute Gasteiger partial charge is 0.380 e. The van der Waals surface area contributed by atoms with Gasteiger partial charge < -0.3 is 20.1 Å². The number of amides is 1. The second-order valence-electron chi connectivity index (χ2n) is 5.78. The van der Waals surface area contributed by atoms with E-state index in [-0.39, 0.29) is 18.1 Å². The number of unbranched alkanes of at least 4 members (excludes halogenated alkanes) is 2. The lowest BCUT2D eigenvalue weighted by molar-refractivity contribution is -0.130. The molecule has 0 fully saturated rings. The van der Waals surface area contributed by atoms with Crippen LogP contribution in [0.25, 0.3) is 0 Å². The van der Waals surface area contributed by atoms with Crippen LogP contribution in [0.4, 0.5) is 0 Å². The van der Waals surface area contributed by atoms with Gasteiger partial charge in [-0.05, 0) is 53.1 Å². The van der Waals surface area contributed by atoms with Crippen LogP contribution in [0.3, 0.4) is 0 Å². The fourth-order valence-electron chi connectivity index (χ4n) is 1.51. The average molecular weight is 288 g/mol. The van der Waals surface area contributed by atoms with Crippen molar-refractivity contribution in [3.63, 3.8) is 0 Å². The van der Waals surface area contributed by atoms with E-state index < -0.39 is 0 Å². The molecule has 5 heteroatoms. The van der Waals surface area contributed by atoms with Gasteiger partial charge in [0.1, 0.15) is 6.61 Å². The highest BCUT2D eigenvalue weighted by Crippen LogP contribution is 2.05. The Morgan fingerprint density at radius 3 is 2.45 bits per heavy atom. The van der Waals surface area contributed by atoms with Crippen LogP contribution >= 0.6 is 0 Å². The van der Waals surface area contributed by atoms with Crippen molar-refractivity contribution in [2.24, 2.45) is 0 Å². The number of rotatable bonds is 12. The van der Waals surface area contributed by atoms with Gasteiger partial charge in [-0.2, -0.15) is 0 Å². The Morgan fingerprint density at radius 1 is 1.05 bits per heavy atom. The molecule has 0 atom stereocenters. The molecule has 0 saturated carbocycles. The fraction of sp³-hybridized carbons (Fsp3) is 0.933. The normalized spacial score (nSPS) is 11.6. The molecular formula is C15H32N2O3. The van der Waals surface area contributed by atoms with Crippen LogP contribution in [0.2, 0.25) is 0 Å². The first-order chi connectivity index (χ1) is 9.45. The van der Waals surface area contributed by atoms with Gasteiger partial charge in [-0.1, -0.05) is 6.92 Å². The summed E-state index contributed by atoms with van der Waals surface area (Å²) >= 11 is 0. The molecule has 0 rings (SSSR count).